The van der Waals surface area contributed by atoms with Gasteiger partial charge in [0, 0.05) is 16.9 Å². The van der Waals surface area contributed by atoms with E-state index >= 15 is 0 Å². The molecular formula is C18H20BrNO. The van der Waals surface area contributed by atoms with Crippen molar-refractivity contribution in [3.8, 4) is 5.75 Å². The standard InChI is InChI=1S/C18H20BrNO/c1-21-16-7-3-5-14(11-16)17-8-9-20-12-18(17)13-4-2-6-15(19)10-13/h2-7,10-11,17-18,20H,8-9,12H2,1H3. The van der Waals surface area contributed by atoms with Gasteiger partial charge in [-0.2, -0.15) is 0 Å². The van der Waals surface area contributed by atoms with Crippen molar-refractivity contribution in [2.24, 2.45) is 0 Å². The molecule has 2 atom stereocenters. The van der Waals surface area contributed by atoms with Crippen LogP contribution in [0, 0.1) is 0 Å². The first-order valence-corrected chi connectivity index (χ1v) is 8.17. The Hall–Kier alpha value is -1.32. The van der Waals surface area contributed by atoms with Crippen LogP contribution in [0.25, 0.3) is 0 Å². The lowest BCUT2D eigenvalue weighted by Crippen LogP contribution is -2.34. The SMILES string of the molecule is COc1cccc(C2CCNCC2c2cccc(Br)c2)c1. The average Bonchev–Trinajstić information content (AvgIpc) is 2.55. The molecule has 1 N–H and O–H groups in total. The van der Waals surface area contributed by atoms with Crippen molar-refractivity contribution >= 4 is 15.9 Å². The van der Waals surface area contributed by atoms with Crippen LogP contribution in [0.1, 0.15) is 29.4 Å². The van der Waals surface area contributed by atoms with E-state index in [0.717, 1.165) is 29.7 Å². The predicted octanol–water partition coefficient (Wildman–Crippen LogP) is 4.32. The zero-order valence-electron chi connectivity index (χ0n) is 12.2. The summed E-state index contributed by atoms with van der Waals surface area (Å²) in [6.07, 6.45) is 1.16. The molecule has 2 aromatic carbocycles. The fourth-order valence-electron chi connectivity index (χ4n) is 3.22. The van der Waals surface area contributed by atoms with E-state index in [1.807, 2.05) is 6.07 Å². The molecule has 0 radical (unpaired) electrons. The van der Waals surface area contributed by atoms with Gasteiger partial charge in [-0.15, -0.1) is 0 Å². The highest BCUT2D eigenvalue weighted by molar-refractivity contribution is 9.10. The number of ether oxygens (including phenoxy) is 1. The van der Waals surface area contributed by atoms with E-state index in [4.69, 9.17) is 4.74 Å². The third kappa shape index (κ3) is 3.30. The second kappa shape index (κ2) is 6.63. The summed E-state index contributed by atoms with van der Waals surface area (Å²) >= 11 is 3.59. The summed E-state index contributed by atoms with van der Waals surface area (Å²) in [5.41, 5.74) is 2.77. The van der Waals surface area contributed by atoms with E-state index in [1.165, 1.54) is 11.1 Å². The molecule has 0 saturated carbocycles. The van der Waals surface area contributed by atoms with Crippen molar-refractivity contribution < 1.29 is 4.74 Å². The summed E-state index contributed by atoms with van der Waals surface area (Å²) in [7, 11) is 1.73. The topological polar surface area (TPSA) is 21.3 Å². The number of rotatable bonds is 3. The Labute approximate surface area is 134 Å². The van der Waals surface area contributed by atoms with Gasteiger partial charge in [-0.05, 0) is 54.3 Å². The normalized spacial score (nSPS) is 22.0. The van der Waals surface area contributed by atoms with Crippen molar-refractivity contribution in [3.63, 3.8) is 0 Å². The van der Waals surface area contributed by atoms with Gasteiger partial charge in [0.25, 0.3) is 0 Å². The second-order valence-corrected chi connectivity index (χ2v) is 6.45. The van der Waals surface area contributed by atoms with Gasteiger partial charge in [-0.1, -0.05) is 40.2 Å². The average molecular weight is 346 g/mol. The summed E-state index contributed by atoms with van der Waals surface area (Å²) in [4.78, 5) is 0. The Morgan fingerprint density at radius 1 is 1.05 bits per heavy atom. The van der Waals surface area contributed by atoms with Crippen LogP contribution < -0.4 is 10.1 Å². The molecule has 0 amide bonds. The minimum absolute atomic E-state index is 0.503. The molecule has 0 spiro atoms. The summed E-state index contributed by atoms with van der Waals surface area (Å²) in [6.45, 7) is 2.10. The first kappa shape index (κ1) is 14.6. The quantitative estimate of drug-likeness (QED) is 0.894. The molecule has 3 heteroatoms. The van der Waals surface area contributed by atoms with Crippen LogP contribution in [0.2, 0.25) is 0 Å². The first-order valence-electron chi connectivity index (χ1n) is 7.38. The predicted molar refractivity (Wildman–Crippen MR) is 90.1 cm³/mol. The molecular weight excluding hydrogens is 326 g/mol. The third-order valence-corrected chi connectivity index (χ3v) is 4.77. The van der Waals surface area contributed by atoms with Crippen LogP contribution in [-0.2, 0) is 0 Å². The summed E-state index contributed by atoms with van der Waals surface area (Å²) in [6, 6.07) is 17.2. The summed E-state index contributed by atoms with van der Waals surface area (Å²) in [5, 5.41) is 3.53. The van der Waals surface area contributed by atoms with Crippen LogP contribution in [0.4, 0.5) is 0 Å². The van der Waals surface area contributed by atoms with Crippen molar-refractivity contribution in [3.05, 3.63) is 64.1 Å². The number of halogens is 1. The van der Waals surface area contributed by atoms with E-state index in [0.29, 0.717) is 11.8 Å². The van der Waals surface area contributed by atoms with Gasteiger partial charge in [0.15, 0.2) is 0 Å². The Bertz CT molecular complexity index is 614. The van der Waals surface area contributed by atoms with Gasteiger partial charge in [-0.3, -0.25) is 0 Å². The minimum Gasteiger partial charge on any atom is -0.497 e. The Kier molecular flexibility index (Phi) is 4.61. The lowest BCUT2D eigenvalue weighted by atomic mass is 9.77. The Morgan fingerprint density at radius 3 is 2.57 bits per heavy atom. The maximum Gasteiger partial charge on any atom is 0.119 e. The lowest BCUT2D eigenvalue weighted by molar-refractivity contribution is 0.396. The molecule has 1 fully saturated rings. The molecule has 2 aromatic rings. The highest BCUT2D eigenvalue weighted by atomic mass is 79.9. The van der Waals surface area contributed by atoms with Gasteiger partial charge in [-0.25, -0.2) is 0 Å². The summed E-state index contributed by atoms with van der Waals surface area (Å²) in [5.74, 6) is 1.98. The Morgan fingerprint density at radius 2 is 1.81 bits per heavy atom. The number of hydrogen-bond donors (Lipinski definition) is 1. The maximum absolute atomic E-state index is 5.38. The van der Waals surface area contributed by atoms with E-state index in [-0.39, 0.29) is 0 Å². The first-order chi connectivity index (χ1) is 10.3. The molecule has 0 aromatic heterocycles. The number of methoxy groups -OCH3 is 1. The zero-order valence-corrected chi connectivity index (χ0v) is 13.8. The van der Waals surface area contributed by atoms with E-state index < -0.39 is 0 Å². The summed E-state index contributed by atoms with van der Waals surface area (Å²) < 4.78 is 6.53. The molecule has 1 aliphatic rings. The number of piperidine rings is 1. The molecule has 0 aliphatic carbocycles. The number of hydrogen-bond acceptors (Lipinski definition) is 2. The van der Waals surface area contributed by atoms with Crippen LogP contribution in [-0.4, -0.2) is 20.2 Å². The Balaban J connectivity index is 1.94. The monoisotopic (exact) mass is 345 g/mol. The smallest absolute Gasteiger partial charge is 0.119 e. The van der Waals surface area contributed by atoms with Gasteiger partial charge in [0.1, 0.15) is 5.75 Å². The van der Waals surface area contributed by atoms with Crippen LogP contribution in [0.15, 0.2) is 53.0 Å². The van der Waals surface area contributed by atoms with Crippen LogP contribution >= 0.6 is 15.9 Å². The molecule has 1 heterocycles. The second-order valence-electron chi connectivity index (χ2n) is 5.54. The minimum atomic E-state index is 0.503. The number of nitrogens with one attached hydrogen (secondary N) is 1. The molecule has 0 bridgehead atoms. The van der Waals surface area contributed by atoms with E-state index in [9.17, 15) is 0 Å². The van der Waals surface area contributed by atoms with Crippen LogP contribution in [0.3, 0.4) is 0 Å². The molecule has 3 rings (SSSR count). The highest BCUT2D eigenvalue weighted by Crippen LogP contribution is 2.38. The fourth-order valence-corrected chi connectivity index (χ4v) is 3.63. The van der Waals surface area contributed by atoms with Gasteiger partial charge >= 0.3 is 0 Å². The zero-order chi connectivity index (χ0) is 14.7. The fraction of sp³-hybridized carbons (Fsp3) is 0.333. The maximum atomic E-state index is 5.38. The molecule has 2 nitrogen and oxygen atoms in total. The van der Waals surface area contributed by atoms with Gasteiger partial charge in [0.05, 0.1) is 7.11 Å². The van der Waals surface area contributed by atoms with E-state index in [1.54, 1.807) is 7.11 Å². The lowest BCUT2D eigenvalue weighted by Gasteiger charge is -2.33. The van der Waals surface area contributed by atoms with Gasteiger partial charge < -0.3 is 10.1 Å². The molecule has 110 valence electrons. The van der Waals surface area contributed by atoms with Crippen molar-refractivity contribution in [2.75, 3.05) is 20.2 Å². The number of benzene rings is 2. The molecule has 2 unspecified atom stereocenters. The third-order valence-electron chi connectivity index (χ3n) is 4.28. The molecule has 21 heavy (non-hydrogen) atoms. The largest absolute Gasteiger partial charge is 0.497 e. The molecule has 1 aliphatic heterocycles. The molecule has 1 saturated heterocycles. The van der Waals surface area contributed by atoms with Crippen molar-refractivity contribution in [2.45, 2.75) is 18.3 Å². The van der Waals surface area contributed by atoms with Crippen LogP contribution in [0.5, 0.6) is 5.75 Å². The van der Waals surface area contributed by atoms with Crippen molar-refractivity contribution in [1.29, 1.82) is 0 Å². The highest BCUT2D eigenvalue weighted by Gasteiger charge is 2.28. The van der Waals surface area contributed by atoms with Gasteiger partial charge in [0.2, 0.25) is 0 Å². The van der Waals surface area contributed by atoms with E-state index in [2.05, 4.69) is 63.7 Å². The van der Waals surface area contributed by atoms with Crippen molar-refractivity contribution in [1.82, 2.24) is 5.32 Å².